The molecule has 0 aliphatic carbocycles. The predicted molar refractivity (Wildman–Crippen MR) is 70.4 cm³/mol. The van der Waals surface area contributed by atoms with Crippen LogP contribution in [0.4, 0.5) is 0 Å². The third-order valence-corrected chi connectivity index (χ3v) is 2.43. The van der Waals surface area contributed by atoms with Gasteiger partial charge in [0.15, 0.2) is 0 Å². The van der Waals surface area contributed by atoms with Gasteiger partial charge in [-0.05, 0) is 24.5 Å². The Hall–Kier alpha value is -1.62. The molecule has 94 valence electrons. The Bertz CT molecular complexity index is 362. The minimum absolute atomic E-state index is 0.542. The van der Waals surface area contributed by atoms with Crippen LogP contribution in [0.1, 0.15) is 31.5 Å². The lowest BCUT2D eigenvalue weighted by atomic mass is 10.1. The number of pyridine rings is 1. The molecule has 0 atom stereocenters. The molecule has 0 radical (unpaired) electrons. The van der Waals surface area contributed by atoms with Gasteiger partial charge in [-0.25, -0.2) is 10.8 Å². The van der Waals surface area contributed by atoms with Crippen LogP contribution in [-0.4, -0.2) is 17.5 Å². The van der Waals surface area contributed by atoms with Crippen LogP contribution in [-0.2, 0) is 13.0 Å². The highest BCUT2D eigenvalue weighted by Crippen LogP contribution is 2.06. The molecule has 17 heavy (non-hydrogen) atoms. The van der Waals surface area contributed by atoms with E-state index in [-0.39, 0.29) is 0 Å². The smallest absolute Gasteiger partial charge is 0.206 e. The van der Waals surface area contributed by atoms with E-state index in [1.807, 2.05) is 6.07 Å². The van der Waals surface area contributed by atoms with Crippen LogP contribution in [0.2, 0.25) is 0 Å². The van der Waals surface area contributed by atoms with Crippen molar-refractivity contribution in [1.82, 2.24) is 15.7 Å². The summed E-state index contributed by atoms with van der Waals surface area (Å²) in [7, 11) is 0. The maximum Gasteiger partial charge on any atom is 0.206 e. The summed E-state index contributed by atoms with van der Waals surface area (Å²) in [6, 6.07) is 4.02. The average Bonchev–Trinajstić information content (AvgIpc) is 2.39. The molecule has 0 saturated carbocycles. The van der Waals surface area contributed by atoms with Gasteiger partial charge < -0.3 is 5.32 Å². The van der Waals surface area contributed by atoms with E-state index in [2.05, 4.69) is 40.6 Å². The van der Waals surface area contributed by atoms with E-state index in [0.717, 1.165) is 25.1 Å². The zero-order chi connectivity index (χ0) is 12.5. The summed E-state index contributed by atoms with van der Waals surface area (Å²) in [6.07, 6.45) is 3.79. The fourth-order valence-electron chi connectivity index (χ4n) is 1.49. The summed E-state index contributed by atoms with van der Waals surface area (Å²) < 4.78 is 0. The lowest BCUT2D eigenvalue weighted by molar-refractivity contribution is 0.786. The van der Waals surface area contributed by atoms with Gasteiger partial charge in [0.05, 0.1) is 12.2 Å². The van der Waals surface area contributed by atoms with E-state index < -0.39 is 0 Å². The summed E-state index contributed by atoms with van der Waals surface area (Å²) in [4.78, 5) is 8.70. The van der Waals surface area contributed by atoms with Crippen molar-refractivity contribution in [2.75, 3.05) is 6.54 Å². The van der Waals surface area contributed by atoms with Gasteiger partial charge >= 0.3 is 0 Å². The molecule has 0 aliphatic rings. The standard InChI is InChI=1S/C12H21N5/c1-3-7-15-12(17-13)16-9-11-10(4-2)6-5-8-14-11/h5-6,8H,3-4,7,9,13H2,1-2H3,(H2,15,16,17). The molecule has 1 rings (SSSR count). The fraction of sp³-hybridized carbons (Fsp3) is 0.500. The highest BCUT2D eigenvalue weighted by atomic mass is 15.3. The highest BCUT2D eigenvalue weighted by Gasteiger charge is 2.01. The molecule has 5 heteroatoms. The third kappa shape index (κ3) is 4.40. The van der Waals surface area contributed by atoms with Crippen molar-refractivity contribution in [1.29, 1.82) is 0 Å². The van der Waals surface area contributed by atoms with E-state index in [9.17, 15) is 0 Å². The van der Waals surface area contributed by atoms with Crippen molar-refractivity contribution in [3.05, 3.63) is 29.6 Å². The summed E-state index contributed by atoms with van der Waals surface area (Å²) >= 11 is 0. The number of rotatable bonds is 5. The van der Waals surface area contributed by atoms with Crippen LogP contribution in [0.15, 0.2) is 23.3 Å². The first kappa shape index (κ1) is 13.4. The summed E-state index contributed by atoms with van der Waals surface area (Å²) in [5.41, 5.74) is 4.78. The van der Waals surface area contributed by atoms with E-state index in [1.165, 1.54) is 5.56 Å². The second-order valence-corrected chi connectivity index (χ2v) is 3.70. The highest BCUT2D eigenvalue weighted by molar-refractivity contribution is 5.79. The molecule has 0 aromatic carbocycles. The zero-order valence-corrected chi connectivity index (χ0v) is 10.5. The monoisotopic (exact) mass is 235 g/mol. The average molecular weight is 235 g/mol. The molecule has 0 fully saturated rings. The maximum atomic E-state index is 5.38. The Balaban J connectivity index is 2.66. The predicted octanol–water partition coefficient (Wildman–Crippen LogP) is 0.963. The van der Waals surface area contributed by atoms with Crippen molar-refractivity contribution < 1.29 is 0 Å². The molecule has 1 aromatic rings. The molecule has 5 nitrogen and oxygen atoms in total. The molecule has 0 saturated heterocycles. The normalized spacial score (nSPS) is 11.4. The largest absolute Gasteiger partial charge is 0.355 e. The first-order valence-corrected chi connectivity index (χ1v) is 5.99. The van der Waals surface area contributed by atoms with Crippen LogP contribution in [0, 0.1) is 0 Å². The van der Waals surface area contributed by atoms with Gasteiger partial charge in [0, 0.05) is 12.7 Å². The number of aliphatic imine (C=N–C) groups is 1. The number of guanidine groups is 1. The lowest BCUT2D eigenvalue weighted by Crippen LogP contribution is -2.41. The van der Waals surface area contributed by atoms with Crippen LogP contribution in [0.5, 0.6) is 0 Å². The second-order valence-electron chi connectivity index (χ2n) is 3.70. The Kier molecular flexibility index (Phi) is 6.03. The maximum absolute atomic E-state index is 5.38. The van der Waals surface area contributed by atoms with Crippen LogP contribution in [0.3, 0.4) is 0 Å². The Labute approximate surface area is 103 Å². The van der Waals surface area contributed by atoms with E-state index >= 15 is 0 Å². The van der Waals surface area contributed by atoms with Crippen molar-refractivity contribution in [2.45, 2.75) is 33.2 Å². The lowest BCUT2D eigenvalue weighted by Gasteiger charge is -2.08. The first-order valence-electron chi connectivity index (χ1n) is 5.99. The molecule has 0 unspecified atom stereocenters. The number of nitrogens with one attached hydrogen (secondary N) is 2. The number of aryl methyl sites for hydroxylation is 1. The quantitative estimate of drug-likeness (QED) is 0.307. The van der Waals surface area contributed by atoms with Crippen LogP contribution in [0.25, 0.3) is 0 Å². The SMILES string of the molecule is CCCNC(=NCc1ncccc1CC)NN. The minimum Gasteiger partial charge on any atom is -0.355 e. The van der Waals surface area contributed by atoms with Gasteiger partial charge in [0.25, 0.3) is 0 Å². The molecular weight excluding hydrogens is 214 g/mol. The van der Waals surface area contributed by atoms with E-state index in [4.69, 9.17) is 5.84 Å². The van der Waals surface area contributed by atoms with Gasteiger partial charge in [0.2, 0.25) is 5.96 Å². The molecule has 0 aliphatic heterocycles. The molecule has 0 spiro atoms. The molecule has 0 bridgehead atoms. The summed E-state index contributed by atoms with van der Waals surface area (Å²) in [6.45, 7) is 5.60. The van der Waals surface area contributed by atoms with Gasteiger partial charge in [-0.1, -0.05) is 19.9 Å². The van der Waals surface area contributed by atoms with Gasteiger partial charge in [-0.15, -0.1) is 0 Å². The molecule has 0 amide bonds. The van der Waals surface area contributed by atoms with Gasteiger partial charge in [-0.2, -0.15) is 0 Å². The number of nitrogens with zero attached hydrogens (tertiary/aromatic N) is 2. The zero-order valence-electron chi connectivity index (χ0n) is 10.5. The molecule has 1 heterocycles. The number of hydrogen-bond acceptors (Lipinski definition) is 3. The first-order chi connectivity index (χ1) is 8.31. The van der Waals surface area contributed by atoms with E-state index in [1.54, 1.807) is 6.20 Å². The number of aromatic nitrogens is 1. The molecular formula is C12H21N5. The Morgan fingerprint density at radius 1 is 1.47 bits per heavy atom. The van der Waals surface area contributed by atoms with Gasteiger partial charge in [0.1, 0.15) is 0 Å². The van der Waals surface area contributed by atoms with Crippen LogP contribution >= 0.6 is 0 Å². The molecule has 1 aromatic heterocycles. The van der Waals surface area contributed by atoms with Crippen molar-refractivity contribution in [3.63, 3.8) is 0 Å². The topological polar surface area (TPSA) is 75.3 Å². The van der Waals surface area contributed by atoms with Crippen molar-refractivity contribution in [3.8, 4) is 0 Å². The van der Waals surface area contributed by atoms with Crippen molar-refractivity contribution >= 4 is 5.96 Å². The summed E-state index contributed by atoms with van der Waals surface area (Å²) in [5, 5.41) is 3.11. The fourth-order valence-corrected chi connectivity index (χ4v) is 1.49. The van der Waals surface area contributed by atoms with Crippen molar-refractivity contribution in [2.24, 2.45) is 10.8 Å². The van der Waals surface area contributed by atoms with Crippen LogP contribution < -0.4 is 16.6 Å². The van der Waals surface area contributed by atoms with E-state index in [0.29, 0.717) is 12.5 Å². The Morgan fingerprint density at radius 3 is 2.94 bits per heavy atom. The second kappa shape index (κ2) is 7.62. The van der Waals surface area contributed by atoms with Gasteiger partial charge in [-0.3, -0.25) is 10.4 Å². The Morgan fingerprint density at radius 2 is 2.29 bits per heavy atom. The number of nitrogens with two attached hydrogens (primary N) is 1. The molecule has 4 N–H and O–H groups in total. The third-order valence-electron chi connectivity index (χ3n) is 2.43. The number of hydrogen-bond donors (Lipinski definition) is 3. The summed E-state index contributed by atoms with van der Waals surface area (Å²) in [5.74, 6) is 6.00. The minimum atomic E-state index is 0.542. The number of hydrazine groups is 1.